The number of H-pyrrole nitrogens is 1. The monoisotopic (exact) mass is 306 g/mol. The Morgan fingerprint density at radius 3 is 2.64 bits per heavy atom. The molecule has 0 radical (unpaired) electrons. The van der Waals surface area contributed by atoms with Gasteiger partial charge in [-0.25, -0.2) is 4.79 Å². The van der Waals surface area contributed by atoms with Crippen molar-refractivity contribution in [2.24, 2.45) is 7.05 Å². The number of hydrogen-bond donors (Lipinski definition) is 2. The Labute approximate surface area is 126 Å². The fourth-order valence-corrected chi connectivity index (χ4v) is 2.02. The van der Waals surface area contributed by atoms with E-state index < -0.39 is 23.2 Å². The lowest BCUT2D eigenvalue weighted by molar-refractivity contribution is 0.0934. The Kier molecular flexibility index (Phi) is 4.25. The highest BCUT2D eigenvalue weighted by Crippen LogP contribution is 2.14. The summed E-state index contributed by atoms with van der Waals surface area (Å²) in [7, 11) is 1.45. The van der Waals surface area contributed by atoms with Crippen LogP contribution < -0.4 is 16.6 Å². The highest BCUT2D eigenvalue weighted by atomic mass is 16.2. The van der Waals surface area contributed by atoms with Crippen molar-refractivity contribution in [3.05, 3.63) is 44.8 Å². The standard InChI is InChI=1S/C13H18N6O3/c1-7(2)19-6-14-17-10(19)8(3)15-11(20)9-5-18(4)13(22)16-12(9)21/h5-8H,1-4H3,(H,15,20)(H,16,21,22). The number of aryl methyl sites for hydroxylation is 1. The van der Waals surface area contributed by atoms with Crippen LogP contribution in [0.15, 0.2) is 22.1 Å². The van der Waals surface area contributed by atoms with E-state index in [1.54, 1.807) is 13.3 Å². The first-order valence-corrected chi connectivity index (χ1v) is 6.81. The van der Waals surface area contributed by atoms with Crippen LogP contribution in [0, 0.1) is 0 Å². The molecule has 0 saturated carbocycles. The van der Waals surface area contributed by atoms with Crippen molar-refractivity contribution in [2.75, 3.05) is 0 Å². The number of aromatic amines is 1. The van der Waals surface area contributed by atoms with E-state index >= 15 is 0 Å². The summed E-state index contributed by atoms with van der Waals surface area (Å²) < 4.78 is 2.97. The van der Waals surface area contributed by atoms with Crippen molar-refractivity contribution in [3.8, 4) is 0 Å². The van der Waals surface area contributed by atoms with Gasteiger partial charge < -0.3 is 14.5 Å². The molecule has 0 bridgehead atoms. The highest BCUT2D eigenvalue weighted by Gasteiger charge is 2.20. The average molecular weight is 306 g/mol. The van der Waals surface area contributed by atoms with Crippen LogP contribution in [-0.4, -0.2) is 30.2 Å². The van der Waals surface area contributed by atoms with Crippen molar-refractivity contribution in [2.45, 2.75) is 32.9 Å². The zero-order valence-corrected chi connectivity index (χ0v) is 12.8. The SMILES string of the molecule is CC(NC(=O)c1cn(C)c(=O)[nH]c1=O)c1nncn1C(C)C. The van der Waals surface area contributed by atoms with Gasteiger partial charge in [-0.05, 0) is 20.8 Å². The van der Waals surface area contributed by atoms with Crippen LogP contribution in [0.3, 0.4) is 0 Å². The molecular weight excluding hydrogens is 288 g/mol. The quantitative estimate of drug-likeness (QED) is 0.807. The molecule has 1 atom stereocenters. The van der Waals surface area contributed by atoms with E-state index in [9.17, 15) is 14.4 Å². The first-order chi connectivity index (χ1) is 10.3. The zero-order chi connectivity index (χ0) is 16.4. The molecule has 0 aromatic carbocycles. The Morgan fingerprint density at radius 2 is 2.00 bits per heavy atom. The molecule has 2 N–H and O–H groups in total. The summed E-state index contributed by atoms with van der Waals surface area (Å²) in [5, 5.41) is 10.5. The van der Waals surface area contributed by atoms with Crippen LogP contribution >= 0.6 is 0 Å². The predicted octanol–water partition coefficient (Wildman–Crippen LogP) is -0.263. The number of carbonyl (C=O) groups is 1. The van der Waals surface area contributed by atoms with Crippen molar-refractivity contribution in [3.63, 3.8) is 0 Å². The van der Waals surface area contributed by atoms with E-state index in [0.717, 1.165) is 4.57 Å². The molecule has 0 aliphatic rings. The minimum Gasteiger partial charge on any atom is -0.342 e. The van der Waals surface area contributed by atoms with E-state index in [2.05, 4.69) is 20.5 Å². The molecule has 1 unspecified atom stereocenters. The van der Waals surface area contributed by atoms with Crippen molar-refractivity contribution in [1.82, 2.24) is 29.6 Å². The summed E-state index contributed by atoms with van der Waals surface area (Å²) in [6.07, 6.45) is 2.79. The molecule has 0 saturated heterocycles. The third kappa shape index (κ3) is 2.97. The van der Waals surface area contributed by atoms with Gasteiger partial charge in [0.15, 0.2) is 5.82 Å². The van der Waals surface area contributed by atoms with Crippen LogP contribution in [0.2, 0.25) is 0 Å². The minimum absolute atomic E-state index is 0.135. The molecule has 2 aromatic rings. The Hall–Kier alpha value is -2.71. The summed E-state index contributed by atoms with van der Waals surface area (Å²) in [6, 6.07) is -0.292. The van der Waals surface area contributed by atoms with E-state index in [4.69, 9.17) is 0 Å². The minimum atomic E-state index is -0.724. The first-order valence-electron chi connectivity index (χ1n) is 6.81. The van der Waals surface area contributed by atoms with Gasteiger partial charge in [0.1, 0.15) is 11.9 Å². The predicted molar refractivity (Wildman–Crippen MR) is 78.6 cm³/mol. The summed E-state index contributed by atoms with van der Waals surface area (Å²) in [5.41, 5.74) is -1.43. The molecule has 0 aliphatic heterocycles. The third-order valence-corrected chi connectivity index (χ3v) is 3.24. The molecule has 2 heterocycles. The van der Waals surface area contributed by atoms with Crippen molar-refractivity contribution < 1.29 is 4.79 Å². The molecule has 2 aromatic heterocycles. The molecule has 22 heavy (non-hydrogen) atoms. The van der Waals surface area contributed by atoms with Gasteiger partial charge in [-0.15, -0.1) is 10.2 Å². The van der Waals surface area contributed by atoms with Gasteiger partial charge in [-0.2, -0.15) is 0 Å². The molecule has 0 spiro atoms. The van der Waals surface area contributed by atoms with Crippen LogP contribution in [0.25, 0.3) is 0 Å². The molecule has 9 heteroatoms. The van der Waals surface area contributed by atoms with Crippen molar-refractivity contribution in [1.29, 1.82) is 0 Å². The first kappa shape index (κ1) is 15.7. The second-order valence-electron chi connectivity index (χ2n) is 5.30. The van der Waals surface area contributed by atoms with E-state index in [1.807, 2.05) is 18.4 Å². The van der Waals surface area contributed by atoms with Gasteiger partial charge in [0.05, 0.1) is 6.04 Å². The van der Waals surface area contributed by atoms with Gasteiger partial charge in [0.2, 0.25) is 0 Å². The molecule has 1 amide bonds. The van der Waals surface area contributed by atoms with Gasteiger partial charge in [0.25, 0.3) is 11.5 Å². The fourth-order valence-electron chi connectivity index (χ4n) is 2.02. The smallest absolute Gasteiger partial charge is 0.328 e. The summed E-state index contributed by atoms with van der Waals surface area (Å²) >= 11 is 0. The lowest BCUT2D eigenvalue weighted by atomic mass is 10.2. The molecule has 0 aliphatic carbocycles. The number of amides is 1. The summed E-state index contributed by atoms with van der Waals surface area (Å²) in [4.78, 5) is 37.3. The molecule has 118 valence electrons. The largest absolute Gasteiger partial charge is 0.342 e. The van der Waals surface area contributed by atoms with Crippen LogP contribution in [0.1, 0.15) is 49.0 Å². The van der Waals surface area contributed by atoms with E-state index in [1.165, 1.54) is 13.2 Å². The van der Waals surface area contributed by atoms with Gasteiger partial charge >= 0.3 is 5.69 Å². The molecule has 2 rings (SSSR count). The Morgan fingerprint density at radius 1 is 1.32 bits per heavy atom. The van der Waals surface area contributed by atoms with Gasteiger partial charge in [0, 0.05) is 19.3 Å². The normalized spacial score (nSPS) is 12.4. The van der Waals surface area contributed by atoms with Gasteiger partial charge in [-0.3, -0.25) is 14.6 Å². The molecular formula is C13H18N6O3. The van der Waals surface area contributed by atoms with E-state index in [0.29, 0.717) is 5.82 Å². The molecule has 0 fully saturated rings. The van der Waals surface area contributed by atoms with Crippen LogP contribution in [-0.2, 0) is 7.05 Å². The topological polar surface area (TPSA) is 115 Å². The number of nitrogens with zero attached hydrogens (tertiary/aromatic N) is 4. The Balaban J connectivity index is 2.25. The third-order valence-electron chi connectivity index (χ3n) is 3.24. The zero-order valence-electron chi connectivity index (χ0n) is 12.8. The van der Waals surface area contributed by atoms with Gasteiger partial charge in [-0.1, -0.05) is 0 Å². The van der Waals surface area contributed by atoms with Crippen LogP contribution in [0.5, 0.6) is 0 Å². The summed E-state index contributed by atoms with van der Waals surface area (Å²) in [5.74, 6) is 0.00672. The average Bonchev–Trinajstić information content (AvgIpc) is 2.92. The number of carbonyl (C=O) groups excluding carboxylic acids is 1. The lowest BCUT2D eigenvalue weighted by Gasteiger charge is -2.16. The number of aromatic nitrogens is 5. The fraction of sp³-hybridized carbons (Fsp3) is 0.462. The second kappa shape index (κ2) is 5.96. The maximum absolute atomic E-state index is 12.2. The lowest BCUT2D eigenvalue weighted by Crippen LogP contribution is -2.37. The second-order valence-corrected chi connectivity index (χ2v) is 5.30. The number of hydrogen-bond acceptors (Lipinski definition) is 5. The molecule has 9 nitrogen and oxygen atoms in total. The number of nitrogens with one attached hydrogen (secondary N) is 2. The van der Waals surface area contributed by atoms with Crippen LogP contribution in [0.4, 0.5) is 0 Å². The van der Waals surface area contributed by atoms with Crippen molar-refractivity contribution >= 4 is 5.91 Å². The van der Waals surface area contributed by atoms with E-state index in [-0.39, 0.29) is 11.6 Å². The Bertz CT molecular complexity index is 801. The maximum atomic E-state index is 12.2. The summed E-state index contributed by atoms with van der Waals surface area (Å²) in [6.45, 7) is 5.69. The number of rotatable bonds is 4. The maximum Gasteiger partial charge on any atom is 0.328 e. The highest BCUT2D eigenvalue weighted by molar-refractivity contribution is 5.93.